The van der Waals surface area contributed by atoms with Crippen molar-refractivity contribution in [2.45, 2.75) is 24.8 Å². The second-order valence-corrected chi connectivity index (χ2v) is 8.21. The maximum Gasteiger partial charge on any atom is 0.219 e. The first kappa shape index (κ1) is 18.0. The highest BCUT2D eigenvalue weighted by atomic mass is 32.2. The zero-order chi connectivity index (χ0) is 18.0. The Kier molecular flexibility index (Phi) is 5.19. The SMILES string of the molecule is Cc1ccc(CNS(=O)(=O)[C@H]2CON(C)[C@@H]2c2ccc(F)cc2)cc1. The van der Waals surface area contributed by atoms with Gasteiger partial charge in [0.25, 0.3) is 0 Å². The van der Waals surface area contributed by atoms with Crippen molar-refractivity contribution in [3.05, 3.63) is 71.0 Å². The maximum absolute atomic E-state index is 13.2. The van der Waals surface area contributed by atoms with Crippen LogP contribution < -0.4 is 4.72 Å². The molecule has 134 valence electrons. The van der Waals surface area contributed by atoms with Gasteiger partial charge in [0, 0.05) is 13.6 Å². The molecule has 25 heavy (non-hydrogen) atoms. The molecule has 2 aromatic carbocycles. The number of sulfonamides is 1. The minimum Gasteiger partial charge on any atom is -0.297 e. The van der Waals surface area contributed by atoms with Gasteiger partial charge in [-0.3, -0.25) is 4.84 Å². The molecular weight excluding hydrogens is 343 g/mol. The number of rotatable bonds is 5. The van der Waals surface area contributed by atoms with E-state index >= 15 is 0 Å². The highest BCUT2D eigenvalue weighted by molar-refractivity contribution is 7.90. The Balaban J connectivity index is 1.77. The summed E-state index contributed by atoms with van der Waals surface area (Å²) in [5.41, 5.74) is 2.71. The van der Waals surface area contributed by atoms with E-state index in [2.05, 4.69) is 4.72 Å². The lowest BCUT2D eigenvalue weighted by atomic mass is 10.0. The van der Waals surface area contributed by atoms with Gasteiger partial charge in [-0.25, -0.2) is 17.5 Å². The summed E-state index contributed by atoms with van der Waals surface area (Å²) in [6.45, 7) is 2.26. The summed E-state index contributed by atoms with van der Waals surface area (Å²) in [5, 5.41) is 0.747. The minimum atomic E-state index is -3.62. The van der Waals surface area contributed by atoms with Crippen LogP contribution in [0.3, 0.4) is 0 Å². The van der Waals surface area contributed by atoms with Crippen molar-refractivity contribution >= 4 is 10.0 Å². The number of nitrogens with one attached hydrogen (secondary N) is 1. The first-order chi connectivity index (χ1) is 11.9. The molecule has 5 nitrogen and oxygen atoms in total. The Labute approximate surface area is 147 Å². The predicted octanol–water partition coefficient (Wildman–Crippen LogP) is 2.54. The first-order valence-electron chi connectivity index (χ1n) is 8.02. The normalized spacial score (nSPS) is 21.6. The summed E-state index contributed by atoms with van der Waals surface area (Å²) in [6.07, 6.45) is 0. The first-order valence-corrected chi connectivity index (χ1v) is 9.57. The van der Waals surface area contributed by atoms with Gasteiger partial charge in [0.1, 0.15) is 11.1 Å². The van der Waals surface area contributed by atoms with Crippen molar-refractivity contribution < 1.29 is 17.6 Å². The van der Waals surface area contributed by atoms with Gasteiger partial charge in [-0.15, -0.1) is 0 Å². The third kappa shape index (κ3) is 4.07. The maximum atomic E-state index is 13.2. The van der Waals surface area contributed by atoms with E-state index < -0.39 is 21.3 Å². The Morgan fingerprint density at radius 3 is 2.44 bits per heavy atom. The summed E-state index contributed by atoms with van der Waals surface area (Å²) in [5.74, 6) is -0.359. The van der Waals surface area contributed by atoms with Crippen LogP contribution in [0.2, 0.25) is 0 Å². The minimum absolute atomic E-state index is 0.0573. The van der Waals surface area contributed by atoms with Crippen LogP contribution in [0, 0.1) is 12.7 Å². The molecule has 1 heterocycles. The van der Waals surface area contributed by atoms with Crippen LogP contribution in [-0.4, -0.2) is 32.4 Å². The third-order valence-electron chi connectivity index (χ3n) is 4.39. The van der Waals surface area contributed by atoms with Crippen LogP contribution in [0.1, 0.15) is 22.7 Å². The van der Waals surface area contributed by atoms with Gasteiger partial charge in [0.05, 0.1) is 12.6 Å². The Bertz CT molecular complexity index is 822. The van der Waals surface area contributed by atoms with Crippen molar-refractivity contribution in [1.29, 1.82) is 0 Å². The molecule has 2 atom stereocenters. The van der Waals surface area contributed by atoms with Gasteiger partial charge in [0.2, 0.25) is 10.0 Å². The molecule has 1 saturated heterocycles. The van der Waals surface area contributed by atoms with Crippen LogP contribution in [0.15, 0.2) is 48.5 Å². The van der Waals surface area contributed by atoms with Crippen LogP contribution in [0.4, 0.5) is 4.39 Å². The number of hydrogen-bond acceptors (Lipinski definition) is 4. The fraction of sp³-hybridized carbons (Fsp3) is 0.333. The average Bonchev–Trinajstić information content (AvgIpc) is 2.98. The molecule has 0 spiro atoms. The van der Waals surface area contributed by atoms with Gasteiger partial charge in [-0.05, 0) is 30.2 Å². The average molecular weight is 364 g/mol. The molecule has 0 saturated carbocycles. The quantitative estimate of drug-likeness (QED) is 0.886. The zero-order valence-corrected chi connectivity index (χ0v) is 15.0. The molecular formula is C18H21FN2O3S. The predicted molar refractivity (Wildman–Crippen MR) is 93.6 cm³/mol. The van der Waals surface area contributed by atoms with Crippen LogP contribution in [-0.2, 0) is 21.4 Å². The summed E-state index contributed by atoms with van der Waals surface area (Å²) >= 11 is 0. The Morgan fingerprint density at radius 1 is 1.16 bits per heavy atom. The van der Waals surface area contributed by atoms with E-state index in [-0.39, 0.29) is 19.0 Å². The molecule has 2 aromatic rings. The highest BCUT2D eigenvalue weighted by Gasteiger charge is 2.43. The lowest BCUT2D eigenvalue weighted by Crippen LogP contribution is -2.39. The van der Waals surface area contributed by atoms with E-state index in [1.807, 2.05) is 31.2 Å². The second-order valence-electron chi connectivity index (χ2n) is 6.23. The lowest BCUT2D eigenvalue weighted by Gasteiger charge is -2.23. The topological polar surface area (TPSA) is 58.6 Å². The van der Waals surface area contributed by atoms with Crippen LogP contribution >= 0.6 is 0 Å². The van der Waals surface area contributed by atoms with Gasteiger partial charge in [-0.1, -0.05) is 42.0 Å². The monoisotopic (exact) mass is 364 g/mol. The fourth-order valence-corrected chi connectivity index (χ4v) is 4.43. The molecule has 3 rings (SSSR count). The molecule has 7 heteroatoms. The van der Waals surface area contributed by atoms with Crippen LogP contribution in [0.25, 0.3) is 0 Å². The van der Waals surface area contributed by atoms with E-state index in [0.29, 0.717) is 5.56 Å². The van der Waals surface area contributed by atoms with Crippen molar-refractivity contribution in [1.82, 2.24) is 9.79 Å². The summed E-state index contributed by atoms with van der Waals surface area (Å²) in [6, 6.07) is 13.0. The van der Waals surface area contributed by atoms with Crippen molar-refractivity contribution in [3.63, 3.8) is 0 Å². The Hall–Kier alpha value is -1.80. The summed E-state index contributed by atoms with van der Waals surface area (Å²) in [4.78, 5) is 5.44. The fourth-order valence-electron chi connectivity index (χ4n) is 2.94. The summed E-state index contributed by atoms with van der Waals surface area (Å²) in [7, 11) is -1.94. The molecule has 0 aliphatic carbocycles. The molecule has 0 radical (unpaired) electrons. The van der Waals surface area contributed by atoms with Gasteiger partial charge in [0.15, 0.2) is 0 Å². The van der Waals surface area contributed by atoms with E-state index in [4.69, 9.17) is 4.84 Å². The number of aryl methyl sites for hydroxylation is 1. The molecule has 0 bridgehead atoms. The number of hydrogen-bond donors (Lipinski definition) is 1. The third-order valence-corrected chi connectivity index (χ3v) is 6.13. The standard InChI is InChI=1S/C18H21FN2O3S/c1-13-3-5-14(6-4-13)11-20-25(22,23)17-12-24-21(2)18(17)15-7-9-16(19)10-8-15/h3-10,17-18,20H,11-12H2,1-2H3/t17-,18+/m0/s1. The molecule has 1 fully saturated rings. The number of halogens is 1. The van der Waals surface area contributed by atoms with E-state index in [1.165, 1.54) is 17.2 Å². The van der Waals surface area contributed by atoms with Crippen molar-refractivity contribution in [2.75, 3.05) is 13.7 Å². The largest absolute Gasteiger partial charge is 0.297 e. The number of nitrogens with zero attached hydrogens (tertiary/aromatic N) is 1. The van der Waals surface area contributed by atoms with E-state index in [9.17, 15) is 12.8 Å². The molecule has 1 N–H and O–H groups in total. The zero-order valence-electron chi connectivity index (χ0n) is 14.1. The van der Waals surface area contributed by atoms with Crippen molar-refractivity contribution in [2.24, 2.45) is 0 Å². The van der Waals surface area contributed by atoms with Crippen molar-refractivity contribution in [3.8, 4) is 0 Å². The van der Waals surface area contributed by atoms with Gasteiger partial charge >= 0.3 is 0 Å². The van der Waals surface area contributed by atoms with E-state index in [0.717, 1.165) is 11.1 Å². The highest BCUT2D eigenvalue weighted by Crippen LogP contribution is 2.33. The second kappa shape index (κ2) is 7.21. The van der Waals surface area contributed by atoms with Gasteiger partial charge in [-0.2, -0.15) is 5.06 Å². The number of benzene rings is 2. The number of hydroxylamine groups is 2. The molecule has 0 unspecified atom stereocenters. The lowest BCUT2D eigenvalue weighted by molar-refractivity contribution is -0.110. The Morgan fingerprint density at radius 2 is 1.80 bits per heavy atom. The molecule has 1 aliphatic heterocycles. The van der Waals surface area contributed by atoms with Crippen LogP contribution in [0.5, 0.6) is 0 Å². The van der Waals surface area contributed by atoms with Gasteiger partial charge < -0.3 is 0 Å². The molecule has 1 aliphatic rings. The smallest absolute Gasteiger partial charge is 0.219 e. The summed E-state index contributed by atoms with van der Waals surface area (Å²) < 4.78 is 41.4. The van der Waals surface area contributed by atoms with E-state index in [1.54, 1.807) is 19.2 Å². The molecule has 0 aromatic heterocycles. The molecule has 0 amide bonds.